The molecule has 0 heterocycles. The SMILES string of the molecule is C=COCCOc1ccc(/N=N/c2ccccc2[N+](=O)[O-])cc1. The molecule has 0 amide bonds. The number of nitro benzene ring substituents is 1. The van der Waals surface area contributed by atoms with Gasteiger partial charge in [0.05, 0.1) is 16.9 Å². The highest BCUT2D eigenvalue weighted by Crippen LogP contribution is 2.28. The summed E-state index contributed by atoms with van der Waals surface area (Å²) in [6.07, 6.45) is 1.36. The van der Waals surface area contributed by atoms with E-state index in [-0.39, 0.29) is 11.4 Å². The molecule has 0 atom stereocenters. The lowest BCUT2D eigenvalue weighted by molar-refractivity contribution is -0.384. The fourth-order valence-electron chi connectivity index (χ4n) is 1.71. The normalized spacial score (nSPS) is 10.4. The maximum atomic E-state index is 10.9. The van der Waals surface area contributed by atoms with Crippen molar-refractivity contribution < 1.29 is 14.4 Å². The van der Waals surface area contributed by atoms with Crippen LogP contribution in [0.2, 0.25) is 0 Å². The van der Waals surface area contributed by atoms with Crippen molar-refractivity contribution in [1.82, 2.24) is 0 Å². The molecular formula is C16H15N3O4. The number of hydrogen-bond donors (Lipinski definition) is 0. The summed E-state index contributed by atoms with van der Waals surface area (Å²) in [4.78, 5) is 10.4. The number of ether oxygens (including phenoxy) is 2. The van der Waals surface area contributed by atoms with Crippen LogP contribution in [0.3, 0.4) is 0 Å². The quantitative estimate of drug-likeness (QED) is 0.235. The number of nitrogens with zero attached hydrogens (tertiary/aromatic N) is 3. The van der Waals surface area contributed by atoms with Crippen molar-refractivity contribution in [2.45, 2.75) is 0 Å². The van der Waals surface area contributed by atoms with E-state index < -0.39 is 4.92 Å². The van der Waals surface area contributed by atoms with Gasteiger partial charge in [-0.2, -0.15) is 5.11 Å². The molecule has 2 rings (SSSR count). The van der Waals surface area contributed by atoms with Gasteiger partial charge in [0.15, 0.2) is 5.69 Å². The summed E-state index contributed by atoms with van der Waals surface area (Å²) in [6, 6.07) is 13.1. The van der Waals surface area contributed by atoms with Crippen molar-refractivity contribution in [3.8, 4) is 5.75 Å². The molecule has 0 fully saturated rings. The third-order valence-corrected chi connectivity index (χ3v) is 2.78. The van der Waals surface area contributed by atoms with E-state index in [0.29, 0.717) is 24.7 Å². The maximum absolute atomic E-state index is 10.9. The zero-order valence-corrected chi connectivity index (χ0v) is 12.3. The fraction of sp³-hybridized carbons (Fsp3) is 0.125. The van der Waals surface area contributed by atoms with E-state index >= 15 is 0 Å². The van der Waals surface area contributed by atoms with Crippen LogP contribution in [0.4, 0.5) is 17.1 Å². The van der Waals surface area contributed by atoms with Gasteiger partial charge in [-0.1, -0.05) is 18.7 Å². The topological polar surface area (TPSA) is 86.3 Å². The van der Waals surface area contributed by atoms with E-state index in [0.717, 1.165) is 0 Å². The Morgan fingerprint density at radius 3 is 2.52 bits per heavy atom. The van der Waals surface area contributed by atoms with Crippen molar-refractivity contribution in [3.63, 3.8) is 0 Å². The highest BCUT2D eigenvalue weighted by molar-refractivity contribution is 5.56. The van der Waals surface area contributed by atoms with Crippen LogP contribution in [-0.2, 0) is 4.74 Å². The first-order valence-corrected chi connectivity index (χ1v) is 6.81. The summed E-state index contributed by atoms with van der Waals surface area (Å²) in [5.74, 6) is 0.669. The average molecular weight is 313 g/mol. The first kappa shape index (κ1) is 16.2. The summed E-state index contributed by atoms with van der Waals surface area (Å²) in [7, 11) is 0. The summed E-state index contributed by atoms with van der Waals surface area (Å²) < 4.78 is 10.4. The minimum Gasteiger partial charge on any atom is -0.498 e. The lowest BCUT2D eigenvalue weighted by Gasteiger charge is -2.05. The second kappa shape index (κ2) is 8.28. The Morgan fingerprint density at radius 2 is 1.83 bits per heavy atom. The van der Waals surface area contributed by atoms with Crippen molar-refractivity contribution in [3.05, 3.63) is 71.5 Å². The Balaban J connectivity index is 2.01. The van der Waals surface area contributed by atoms with Gasteiger partial charge in [0.2, 0.25) is 0 Å². The summed E-state index contributed by atoms with van der Waals surface area (Å²) >= 11 is 0. The molecule has 0 saturated heterocycles. The van der Waals surface area contributed by atoms with Gasteiger partial charge in [0.25, 0.3) is 5.69 Å². The molecule has 0 unspecified atom stereocenters. The molecule has 2 aromatic carbocycles. The second-order valence-electron chi connectivity index (χ2n) is 4.33. The van der Waals surface area contributed by atoms with Gasteiger partial charge >= 0.3 is 0 Å². The monoisotopic (exact) mass is 313 g/mol. The zero-order chi connectivity index (χ0) is 16.5. The van der Waals surface area contributed by atoms with Gasteiger partial charge in [-0.25, -0.2) is 0 Å². The van der Waals surface area contributed by atoms with E-state index in [9.17, 15) is 10.1 Å². The Morgan fingerprint density at radius 1 is 1.09 bits per heavy atom. The standard InChI is InChI=1S/C16H15N3O4/c1-2-22-11-12-23-14-9-7-13(8-10-14)17-18-15-5-3-4-6-16(15)19(20)21/h2-10H,1,11-12H2/b18-17+. The van der Waals surface area contributed by atoms with Crippen molar-refractivity contribution in [2.24, 2.45) is 10.2 Å². The van der Waals surface area contributed by atoms with E-state index in [1.54, 1.807) is 42.5 Å². The third kappa shape index (κ3) is 4.92. The molecule has 0 radical (unpaired) electrons. The number of hydrogen-bond acceptors (Lipinski definition) is 6. The van der Waals surface area contributed by atoms with E-state index in [2.05, 4.69) is 16.8 Å². The van der Waals surface area contributed by atoms with Crippen LogP contribution in [0, 0.1) is 10.1 Å². The highest BCUT2D eigenvalue weighted by Gasteiger charge is 2.11. The minimum absolute atomic E-state index is 0.0848. The van der Waals surface area contributed by atoms with Crippen LogP contribution in [0.1, 0.15) is 0 Å². The summed E-state index contributed by atoms with van der Waals surface area (Å²) in [5, 5.41) is 18.8. The van der Waals surface area contributed by atoms with E-state index in [1.165, 1.54) is 12.3 Å². The van der Waals surface area contributed by atoms with Crippen molar-refractivity contribution in [1.29, 1.82) is 0 Å². The number of para-hydroxylation sites is 1. The van der Waals surface area contributed by atoms with Crippen molar-refractivity contribution in [2.75, 3.05) is 13.2 Å². The molecule has 2 aromatic rings. The first-order valence-electron chi connectivity index (χ1n) is 6.81. The smallest absolute Gasteiger partial charge is 0.296 e. The molecule has 23 heavy (non-hydrogen) atoms. The molecule has 0 saturated carbocycles. The first-order chi connectivity index (χ1) is 11.2. The Labute approximate surface area is 133 Å². The third-order valence-electron chi connectivity index (χ3n) is 2.78. The number of azo groups is 1. The summed E-state index contributed by atoms with van der Waals surface area (Å²) in [6.45, 7) is 4.26. The lowest BCUT2D eigenvalue weighted by Crippen LogP contribution is -2.03. The predicted octanol–water partition coefficient (Wildman–Crippen LogP) is 4.55. The molecule has 0 N–H and O–H groups in total. The Bertz CT molecular complexity index is 699. The van der Waals surface area contributed by atoms with Crippen LogP contribution in [0.25, 0.3) is 0 Å². The molecule has 0 aromatic heterocycles. The van der Waals surface area contributed by atoms with Gasteiger partial charge < -0.3 is 9.47 Å². The fourth-order valence-corrected chi connectivity index (χ4v) is 1.71. The van der Waals surface area contributed by atoms with E-state index in [1.807, 2.05) is 0 Å². The molecule has 0 aliphatic rings. The molecule has 0 aliphatic heterocycles. The highest BCUT2D eigenvalue weighted by atomic mass is 16.6. The lowest BCUT2D eigenvalue weighted by atomic mass is 10.3. The Hall–Kier alpha value is -3.22. The van der Waals surface area contributed by atoms with Gasteiger partial charge in [-0.15, -0.1) is 5.11 Å². The van der Waals surface area contributed by atoms with Gasteiger partial charge in [-0.3, -0.25) is 10.1 Å². The van der Waals surface area contributed by atoms with Gasteiger partial charge in [0, 0.05) is 6.07 Å². The molecule has 0 bridgehead atoms. The van der Waals surface area contributed by atoms with Crippen LogP contribution in [0.15, 0.2) is 71.6 Å². The Kier molecular flexibility index (Phi) is 5.81. The largest absolute Gasteiger partial charge is 0.498 e. The molecule has 7 heteroatoms. The second-order valence-corrected chi connectivity index (χ2v) is 4.33. The van der Waals surface area contributed by atoms with Gasteiger partial charge in [0.1, 0.15) is 19.0 Å². The molecule has 0 spiro atoms. The van der Waals surface area contributed by atoms with Crippen molar-refractivity contribution >= 4 is 17.1 Å². The number of nitro groups is 1. The molecular weight excluding hydrogens is 298 g/mol. The van der Waals surface area contributed by atoms with E-state index in [4.69, 9.17) is 9.47 Å². The van der Waals surface area contributed by atoms with Gasteiger partial charge in [-0.05, 0) is 30.3 Å². The summed E-state index contributed by atoms with van der Waals surface area (Å²) in [5.41, 5.74) is 0.690. The number of rotatable bonds is 8. The zero-order valence-electron chi connectivity index (χ0n) is 12.3. The molecule has 0 aliphatic carbocycles. The number of benzene rings is 2. The van der Waals surface area contributed by atoms with Crippen LogP contribution < -0.4 is 4.74 Å². The van der Waals surface area contributed by atoms with Crippen LogP contribution >= 0.6 is 0 Å². The van der Waals surface area contributed by atoms with Crippen LogP contribution in [0.5, 0.6) is 5.75 Å². The van der Waals surface area contributed by atoms with Crippen LogP contribution in [-0.4, -0.2) is 18.1 Å². The maximum Gasteiger partial charge on any atom is 0.296 e. The molecule has 7 nitrogen and oxygen atoms in total. The average Bonchev–Trinajstić information content (AvgIpc) is 2.58. The molecule has 118 valence electrons. The predicted molar refractivity (Wildman–Crippen MR) is 85.4 cm³/mol. The minimum atomic E-state index is -0.489.